The molecule has 31 heavy (non-hydrogen) atoms. The number of alkyl halides is 3. The van der Waals surface area contributed by atoms with Gasteiger partial charge in [0.05, 0.1) is 5.69 Å². The van der Waals surface area contributed by atoms with Crippen LogP contribution in [0.2, 0.25) is 0 Å². The van der Waals surface area contributed by atoms with Crippen LogP contribution in [0.3, 0.4) is 0 Å². The standard InChI is InChI=1S/C24H16F3N3O/c1-14-12-22(24(25,26)27)29-30(14)17-9-7-16(8-10-17)28-23(31)15-6-11-20-18-4-2-3-5-19(18)21(20)13-15/h2-13H,1H3,(H,28,31). The highest BCUT2D eigenvalue weighted by atomic mass is 19.4. The summed E-state index contributed by atoms with van der Waals surface area (Å²) in [6.45, 7) is 1.56. The van der Waals surface area contributed by atoms with Crippen LogP contribution in [0.15, 0.2) is 72.8 Å². The predicted molar refractivity (Wildman–Crippen MR) is 112 cm³/mol. The van der Waals surface area contributed by atoms with Crippen LogP contribution in [-0.2, 0) is 6.18 Å². The van der Waals surface area contributed by atoms with Crippen molar-refractivity contribution in [2.75, 3.05) is 5.32 Å². The fourth-order valence-corrected chi connectivity index (χ4v) is 3.80. The number of hydrogen-bond acceptors (Lipinski definition) is 2. The minimum absolute atomic E-state index is 0.255. The van der Waals surface area contributed by atoms with Crippen molar-refractivity contribution in [3.05, 3.63) is 89.7 Å². The van der Waals surface area contributed by atoms with E-state index in [0.29, 0.717) is 22.6 Å². The summed E-state index contributed by atoms with van der Waals surface area (Å²) in [5.41, 5.74) is 5.47. The number of aromatic nitrogens is 2. The van der Waals surface area contributed by atoms with E-state index in [0.717, 1.165) is 22.8 Å². The second-order valence-corrected chi connectivity index (χ2v) is 7.39. The zero-order chi connectivity index (χ0) is 21.8. The molecule has 1 amide bonds. The molecule has 1 aromatic heterocycles. The largest absolute Gasteiger partial charge is 0.435 e. The van der Waals surface area contributed by atoms with Gasteiger partial charge in [0.1, 0.15) is 0 Å². The Hall–Kier alpha value is -3.87. The van der Waals surface area contributed by atoms with Crippen molar-refractivity contribution in [2.24, 2.45) is 0 Å². The van der Waals surface area contributed by atoms with Crippen molar-refractivity contribution in [1.82, 2.24) is 9.78 Å². The van der Waals surface area contributed by atoms with Gasteiger partial charge in [0, 0.05) is 16.9 Å². The van der Waals surface area contributed by atoms with E-state index >= 15 is 0 Å². The summed E-state index contributed by atoms with van der Waals surface area (Å²) in [5.74, 6) is -0.255. The summed E-state index contributed by atoms with van der Waals surface area (Å²) in [6.07, 6.45) is -4.50. The molecule has 0 saturated carbocycles. The zero-order valence-electron chi connectivity index (χ0n) is 16.4. The van der Waals surface area contributed by atoms with E-state index in [1.54, 1.807) is 37.3 Å². The topological polar surface area (TPSA) is 46.9 Å². The molecule has 1 aliphatic carbocycles. The number of fused-ring (bicyclic) bond motifs is 4. The third kappa shape index (κ3) is 3.28. The lowest BCUT2D eigenvalue weighted by molar-refractivity contribution is -0.141. The van der Waals surface area contributed by atoms with Crippen LogP contribution in [0.5, 0.6) is 0 Å². The third-order valence-corrected chi connectivity index (χ3v) is 5.34. The van der Waals surface area contributed by atoms with Crippen molar-refractivity contribution < 1.29 is 18.0 Å². The van der Waals surface area contributed by atoms with Gasteiger partial charge in [0.15, 0.2) is 5.69 Å². The Kier molecular flexibility index (Phi) is 4.22. The molecule has 0 saturated heterocycles. The number of halogens is 3. The maximum Gasteiger partial charge on any atom is 0.435 e. The monoisotopic (exact) mass is 419 g/mol. The molecule has 1 N–H and O–H groups in total. The van der Waals surface area contributed by atoms with Crippen LogP contribution in [0.4, 0.5) is 18.9 Å². The molecule has 0 spiro atoms. The molecular formula is C24H16F3N3O. The Morgan fingerprint density at radius 3 is 2.16 bits per heavy atom. The minimum atomic E-state index is -4.50. The molecule has 0 unspecified atom stereocenters. The number of nitrogens with one attached hydrogen (secondary N) is 1. The van der Waals surface area contributed by atoms with Crippen molar-refractivity contribution in [3.63, 3.8) is 0 Å². The fraction of sp³-hybridized carbons (Fsp3) is 0.0833. The van der Waals surface area contributed by atoms with Crippen LogP contribution >= 0.6 is 0 Å². The van der Waals surface area contributed by atoms with Crippen LogP contribution in [0, 0.1) is 6.92 Å². The highest BCUT2D eigenvalue weighted by Gasteiger charge is 2.34. The Labute approximate surface area is 176 Å². The van der Waals surface area contributed by atoms with E-state index in [4.69, 9.17) is 0 Å². The molecule has 0 aliphatic heterocycles. The number of carbonyl (C=O) groups excluding carboxylic acids is 1. The molecule has 4 nitrogen and oxygen atoms in total. The highest BCUT2D eigenvalue weighted by molar-refractivity contribution is 6.09. The average molecular weight is 419 g/mol. The molecule has 0 radical (unpaired) electrons. The molecule has 5 rings (SSSR count). The molecule has 0 atom stereocenters. The average Bonchev–Trinajstić information content (AvgIpc) is 3.14. The minimum Gasteiger partial charge on any atom is -0.322 e. The van der Waals surface area contributed by atoms with E-state index in [-0.39, 0.29) is 5.91 Å². The lowest BCUT2D eigenvalue weighted by Gasteiger charge is -2.24. The van der Waals surface area contributed by atoms with E-state index in [1.807, 2.05) is 30.3 Å². The van der Waals surface area contributed by atoms with Gasteiger partial charge in [-0.1, -0.05) is 30.3 Å². The fourth-order valence-electron chi connectivity index (χ4n) is 3.80. The van der Waals surface area contributed by atoms with Crippen LogP contribution in [0.1, 0.15) is 21.7 Å². The van der Waals surface area contributed by atoms with Gasteiger partial charge < -0.3 is 5.32 Å². The number of nitrogens with zero attached hydrogens (tertiary/aromatic N) is 2. The predicted octanol–water partition coefficient (Wildman–Crippen LogP) is 6.10. The van der Waals surface area contributed by atoms with Gasteiger partial charge in [-0.2, -0.15) is 18.3 Å². The molecule has 154 valence electrons. The molecule has 1 heterocycles. The SMILES string of the molecule is Cc1cc(C(F)(F)F)nn1-c1ccc(NC(=O)c2ccc3c(c2)-c2ccccc2-3)cc1. The Morgan fingerprint density at radius 1 is 0.871 bits per heavy atom. The normalized spacial score (nSPS) is 12.0. The summed E-state index contributed by atoms with van der Waals surface area (Å²) < 4.78 is 39.9. The van der Waals surface area contributed by atoms with Crippen molar-refractivity contribution in [2.45, 2.75) is 13.1 Å². The first-order valence-electron chi connectivity index (χ1n) is 9.61. The molecular weight excluding hydrogens is 403 g/mol. The van der Waals surface area contributed by atoms with Gasteiger partial charge in [-0.05, 0) is 71.6 Å². The molecule has 1 aliphatic rings. The molecule has 3 aromatic carbocycles. The van der Waals surface area contributed by atoms with Gasteiger partial charge in [-0.3, -0.25) is 4.79 Å². The number of hydrogen-bond donors (Lipinski definition) is 1. The third-order valence-electron chi connectivity index (χ3n) is 5.34. The van der Waals surface area contributed by atoms with E-state index in [9.17, 15) is 18.0 Å². The van der Waals surface area contributed by atoms with Gasteiger partial charge in [0.25, 0.3) is 5.91 Å². The maximum absolute atomic E-state index is 12.9. The van der Waals surface area contributed by atoms with Crippen LogP contribution < -0.4 is 5.32 Å². The van der Waals surface area contributed by atoms with E-state index in [1.165, 1.54) is 10.2 Å². The quantitative estimate of drug-likeness (QED) is 0.384. The lowest BCUT2D eigenvalue weighted by Crippen LogP contribution is -2.13. The first-order valence-corrected chi connectivity index (χ1v) is 9.61. The summed E-state index contributed by atoms with van der Waals surface area (Å²) in [5, 5.41) is 6.46. The van der Waals surface area contributed by atoms with Gasteiger partial charge >= 0.3 is 6.18 Å². The first kappa shape index (κ1) is 19.1. The van der Waals surface area contributed by atoms with Crippen molar-refractivity contribution in [3.8, 4) is 27.9 Å². The summed E-state index contributed by atoms with van der Waals surface area (Å²) in [4.78, 5) is 12.7. The van der Waals surface area contributed by atoms with Gasteiger partial charge in [-0.15, -0.1) is 0 Å². The van der Waals surface area contributed by atoms with Crippen LogP contribution in [-0.4, -0.2) is 15.7 Å². The van der Waals surface area contributed by atoms with Crippen molar-refractivity contribution in [1.29, 1.82) is 0 Å². The van der Waals surface area contributed by atoms with E-state index < -0.39 is 11.9 Å². The number of carbonyl (C=O) groups is 1. The molecule has 0 bridgehead atoms. The van der Waals surface area contributed by atoms with E-state index in [2.05, 4.69) is 16.5 Å². The van der Waals surface area contributed by atoms with Gasteiger partial charge in [0.2, 0.25) is 0 Å². The number of rotatable bonds is 3. The number of anilines is 1. The Morgan fingerprint density at radius 2 is 1.52 bits per heavy atom. The van der Waals surface area contributed by atoms with Crippen LogP contribution in [0.25, 0.3) is 27.9 Å². The highest BCUT2D eigenvalue weighted by Crippen LogP contribution is 2.47. The molecule has 4 aromatic rings. The maximum atomic E-state index is 12.9. The Balaban J connectivity index is 1.34. The number of aryl methyl sites for hydroxylation is 1. The zero-order valence-corrected chi connectivity index (χ0v) is 16.4. The molecule has 0 fully saturated rings. The summed E-state index contributed by atoms with van der Waals surface area (Å²) >= 11 is 0. The smallest absolute Gasteiger partial charge is 0.322 e. The van der Waals surface area contributed by atoms with Gasteiger partial charge in [-0.25, -0.2) is 4.68 Å². The Bertz CT molecular complexity index is 1320. The number of benzene rings is 3. The lowest BCUT2D eigenvalue weighted by atomic mass is 9.80. The summed E-state index contributed by atoms with van der Waals surface area (Å²) in [7, 11) is 0. The second-order valence-electron chi connectivity index (χ2n) is 7.39. The summed E-state index contributed by atoms with van der Waals surface area (Å²) in [6, 6.07) is 21.1. The number of amides is 1. The van der Waals surface area contributed by atoms with Crippen molar-refractivity contribution >= 4 is 11.6 Å². The second kappa shape index (κ2) is 6.84. The molecule has 7 heteroatoms. The first-order chi connectivity index (χ1) is 14.8.